The van der Waals surface area contributed by atoms with Gasteiger partial charge in [-0.3, -0.25) is 19.6 Å². The Labute approximate surface area is 226 Å². The fourth-order valence-electron chi connectivity index (χ4n) is 8.22. The van der Waals surface area contributed by atoms with Crippen molar-refractivity contribution in [3.05, 3.63) is 0 Å². The summed E-state index contributed by atoms with van der Waals surface area (Å²) in [7, 11) is 0. The van der Waals surface area contributed by atoms with Gasteiger partial charge < -0.3 is 9.84 Å². The van der Waals surface area contributed by atoms with E-state index in [0.29, 0.717) is 0 Å². The molecule has 4 heterocycles. The van der Waals surface area contributed by atoms with Crippen LogP contribution in [-0.2, 0) is 4.74 Å². The van der Waals surface area contributed by atoms with E-state index in [1.165, 1.54) is 43.9 Å². The molecule has 2 atom stereocenters. The van der Waals surface area contributed by atoms with E-state index in [2.05, 4.69) is 72.9 Å². The fourth-order valence-corrected chi connectivity index (χ4v) is 9.12. The summed E-state index contributed by atoms with van der Waals surface area (Å²) in [6.07, 6.45) is 5.69. The van der Waals surface area contributed by atoms with Gasteiger partial charge in [0.2, 0.25) is 0 Å². The van der Waals surface area contributed by atoms with Gasteiger partial charge in [-0.15, -0.1) is 0 Å². The number of hydrogen-bond acceptors (Lipinski definition) is 7. The third-order valence-corrected chi connectivity index (χ3v) is 12.3. The summed E-state index contributed by atoms with van der Waals surface area (Å²) < 4.78 is 5.93. The molecule has 1 N–H and O–H groups in total. The third-order valence-electron chi connectivity index (χ3n) is 11.4. The Hall–Kier alpha value is 0.110. The lowest BCUT2D eigenvalue weighted by atomic mass is 9.56. The molecule has 0 aromatic carbocycles. The van der Waals surface area contributed by atoms with Crippen LogP contribution in [0.2, 0.25) is 0 Å². The summed E-state index contributed by atoms with van der Waals surface area (Å²) in [6, 6.07) is 0. The second-order valence-corrected chi connectivity index (χ2v) is 14.7. The molecule has 36 heavy (non-hydrogen) atoms. The van der Waals surface area contributed by atoms with Crippen LogP contribution in [0.1, 0.15) is 80.6 Å². The molecule has 210 valence electrons. The van der Waals surface area contributed by atoms with Crippen LogP contribution in [0.3, 0.4) is 0 Å². The lowest BCUT2D eigenvalue weighted by molar-refractivity contribution is -0.202. The Morgan fingerprint density at radius 2 is 1.06 bits per heavy atom. The zero-order valence-corrected chi connectivity index (χ0v) is 25.4. The van der Waals surface area contributed by atoms with Crippen molar-refractivity contribution in [2.24, 2.45) is 0 Å². The molecule has 4 aliphatic heterocycles. The Kier molecular flexibility index (Phi) is 8.84. The normalized spacial score (nSPS) is 30.0. The summed E-state index contributed by atoms with van der Waals surface area (Å²) in [4.78, 5) is 11.3. The highest BCUT2D eigenvalue weighted by atomic mass is 32.2. The topological polar surface area (TPSA) is 42.4 Å². The van der Waals surface area contributed by atoms with Crippen LogP contribution in [0.25, 0.3) is 0 Å². The minimum Gasteiger partial charge on any atom is -0.390 e. The summed E-state index contributed by atoms with van der Waals surface area (Å²) in [6.45, 7) is 27.7. The smallest absolute Gasteiger partial charge is 0.0644 e. The second-order valence-electron chi connectivity index (χ2n) is 13.5. The first-order valence-corrected chi connectivity index (χ1v) is 15.9. The lowest BCUT2D eigenvalue weighted by Crippen LogP contribution is -2.87. The van der Waals surface area contributed by atoms with Crippen LogP contribution in [0.15, 0.2) is 0 Å². The van der Waals surface area contributed by atoms with Crippen molar-refractivity contribution in [1.29, 1.82) is 0 Å². The molecule has 0 aromatic rings. The summed E-state index contributed by atoms with van der Waals surface area (Å²) in [5.74, 6) is 2.42. The first-order chi connectivity index (χ1) is 16.9. The maximum Gasteiger partial charge on any atom is 0.0644 e. The van der Waals surface area contributed by atoms with Crippen LogP contribution in [0, 0.1) is 0 Å². The van der Waals surface area contributed by atoms with Gasteiger partial charge >= 0.3 is 0 Å². The Morgan fingerprint density at radius 1 is 0.611 bits per heavy atom. The zero-order valence-electron chi connectivity index (χ0n) is 24.6. The number of aliphatic hydroxyl groups is 1. The van der Waals surface area contributed by atoms with Crippen LogP contribution in [-0.4, -0.2) is 130 Å². The molecule has 0 saturated carbocycles. The van der Waals surface area contributed by atoms with E-state index in [1.54, 1.807) is 0 Å². The van der Waals surface area contributed by atoms with E-state index in [4.69, 9.17) is 4.74 Å². The van der Waals surface area contributed by atoms with Gasteiger partial charge in [0, 0.05) is 61.9 Å². The maximum absolute atomic E-state index is 10.8. The molecule has 0 bridgehead atoms. The Bertz CT molecular complexity index is 719. The van der Waals surface area contributed by atoms with Crippen molar-refractivity contribution in [2.75, 3.05) is 77.1 Å². The predicted molar refractivity (Wildman–Crippen MR) is 153 cm³/mol. The molecule has 6 nitrogen and oxygen atoms in total. The van der Waals surface area contributed by atoms with E-state index in [0.717, 1.165) is 65.3 Å². The monoisotopic (exact) mass is 524 g/mol. The van der Waals surface area contributed by atoms with E-state index in [9.17, 15) is 5.11 Å². The number of ether oxygens (including phenoxy) is 1. The second kappa shape index (κ2) is 10.9. The first-order valence-electron chi connectivity index (χ1n) is 14.8. The van der Waals surface area contributed by atoms with Crippen molar-refractivity contribution in [3.8, 4) is 0 Å². The minimum absolute atomic E-state index is 0.0113. The summed E-state index contributed by atoms with van der Waals surface area (Å²) >= 11 is 2.11. The van der Waals surface area contributed by atoms with Crippen molar-refractivity contribution in [3.63, 3.8) is 0 Å². The zero-order chi connectivity index (χ0) is 26.2. The third kappa shape index (κ3) is 4.93. The van der Waals surface area contributed by atoms with Crippen molar-refractivity contribution in [1.82, 2.24) is 19.6 Å². The molecule has 4 fully saturated rings. The number of rotatable bonds is 7. The molecular formula is C29H56N4O2S. The van der Waals surface area contributed by atoms with Gasteiger partial charge in [-0.2, -0.15) is 11.8 Å². The number of morpholine rings is 1. The van der Waals surface area contributed by atoms with Crippen molar-refractivity contribution < 1.29 is 9.84 Å². The minimum atomic E-state index is -0.536. The van der Waals surface area contributed by atoms with Crippen LogP contribution in [0.5, 0.6) is 0 Å². The quantitative estimate of drug-likeness (QED) is 0.544. The fraction of sp³-hybridized carbons (Fsp3) is 1.00. The first kappa shape index (κ1) is 29.1. The summed E-state index contributed by atoms with van der Waals surface area (Å²) in [5.41, 5.74) is -0.839. The molecule has 0 spiro atoms. The van der Waals surface area contributed by atoms with Crippen molar-refractivity contribution >= 4 is 11.8 Å². The van der Waals surface area contributed by atoms with Gasteiger partial charge in [0.15, 0.2) is 0 Å². The van der Waals surface area contributed by atoms with E-state index in [-0.39, 0.29) is 22.2 Å². The molecule has 0 radical (unpaired) electrons. The molecule has 4 rings (SSSR count). The Balaban J connectivity index is 1.84. The SMILES string of the molecule is CC1(O)CCN(C(C)(C)C(C)(N2CCSCC2)C(C)(N2CCOCC2)C(C)(C)N2CCCCC2)CC1. The van der Waals surface area contributed by atoms with Crippen LogP contribution in [0.4, 0.5) is 0 Å². The lowest BCUT2D eigenvalue weighted by Gasteiger charge is -2.72. The number of piperidine rings is 2. The molecule has 2 unspecified atom stereocenters. The average molecular weight is 525 g/mol. The largest absolute Gasteiger partial charge is 0.390 e. The predicted octanol–water partition coefficient (Wildman–Crippen LogP) is 3.77. The molecular weight excluding hydrogens is 468 g/mol. The maximum atomic E-state index is 10.8. The standard InChI is InChI=1S/C29H56N4O2S/c1-25(2,30-13-9-8-10-14-30)28(6,32-17-21-35-22-18-32)29(7,33-19-23-36-24-20-33)26(3,4)31-15-11-27(5,34)12-16-31/h34H,8-24H2,1-7H3. The molecule has 4 saturated heterocycles. The van der Waals surface area contributed by atoms with Gasteiger partial charge in [0.25, 0.3) is 0 Å². The summed E-state index contributed by atoms with van der Waals surface area (Å²) in [5, 5.41) is 10.8. The molecule has 0 aliphatic carbocycles. The van der Waals surface area contributed by atoms with E-state index >= 15 is 0 Å². The van der Waals surface area contributed by atoms with Gasteiger partial charge in [-0.05, 0) is 87.2 Å². The highest BCUT2D eigenvalue weighted by Gasteiger charge is 2.67. The van der Waals surface area contributed by atoms with Gasteiger partial charge in [0.05, 0.1) is 29.9 Å². The van der Waals surface area contributed by atoms with Crippen molar-refractivity contribution in [2.45, 2.75) is 108 Å². The van der Waals surface area contributed by atoms with Gasteiger partial charge in [0.1, 0.15) is 0 Å². The van der Waals surface area contributed by atoms with E-state index < -0.39 is 5.60 Å². The molecule has 0 aromatic heterocycles. The number of nitrogens with zero attached hydrogens (tertiary/aromatic N) is 4. The van der Waals surface area contributed by atoms with Gasteiger partial charge in [-0.1, -0.05) is 6.42 Å². The van der Waals surface area contributed by atoms with Gasteiger partial charge in [-0.25, -0.2) is 0 Å². The molecule has 4 aliphatic rings. The Morgan fingerprint density at radius 3 is 1.56 bits per heavy atom. The van der Waals surface area contributed by atoms with Crippen LogP contribution < -0.4 is 0 Å². The van der Waals surface area contributed by atoms with Crippen LogP contribution >= 0.6 is 11.8 Å². The van der Waals surface area contributed by atoms with E-state index in [1.807, 2.05) is 6.92 Å². The molecule has 7 heteroatoms. The average Bonchev–Trinajstić information content (AvgIpc) is 2.88. The molecule has 0 amide bonds. The number of hydrogen-bond donors (Lipinski definition) is 1. The highest BCUT2D eigenvalue weighted by Crippen LogP contribution is 2.53. The number of thioether (sulfide) groups is 1. The highest BCUT2D eigenvalue weighted by molar-refractivity contribution is 7.99. The number of likely N-dealkylation sites (tertiary alicyclic amines) is 2.